The van der Waals surface area contributed by atoms with Gasteiger partial charge in [0.1, 0.15) is 11.3 Å². The second kappa shape index (κ2) is 6.79. The molecule has 7 heteroatoms. The van der Waals surface area contributed by atoms with E-state index in [0.717, 1.165) is 29.0 Å². The van der Waals surface area contributed by atoms with Crippen LogP contribution in [0.25, 0.3) is 11.0 Å². The molecule has 2 bridgehead atoms. The monoisotopic (exact) mass is 380 g/mol. The average Bonchev–Trinajstić information content (AvgIpc) is 3.17. The maximum atomic E-state index is 6.20. The molecule has 1 atom stereocenters. The number of aryl methyl sites for hydroxylation is 1. The molecule has 148 valence electrons. The van der Waals surface area contributed by atoms with E-state index in [1.807, 2.05) is 6.20 Å². The summed E-state index contributed by atoms with van der Waals surface area (Å²) >= 11 is 0. The standard InChI is InChI=1S/C21H28N6O/c1-13-10-26-11-14(2)17-9-22-21(24-19(17)26)23-18-15(3)27(25-20(18)28-12-13)16-7-5-4-6-8-16/h9,11,13,16H,4-8,10,12H2,1-3H3,(H,22,23,24). The van der Waals surface area contributed by atoms with Crippen molar-refractivity contribution in [2.45, 2.75) is 65.5 Å². The molecule has 1 saturated carbocycles. The van der Waals surface area contributed by atoms with Gasteiger partial charge < -0.3 is 14.6 Å². The molecule has 1 fully saturated rings. The fourth-order valence-corrected chi connectivity index (χ4v) is 4.57. The van der Waals surface area contributed by atoms with Crippen molar-refractivity contribution in [2.24, 2.45) is 5.92 Å². The first-order valence-corrected chi connectivity index (χ1v) is 10.4. The molecule has 0 spiro atoms. The molecule has 0 saturated heterocycles. The zero-order valence-electron chi connectivity index (χ0n) is 16.9. The zero-order chi connectivity index (χ0) is 19.3. The summed E-state index contributed by atoms with van der Waals surface area (Å²) in [6.45, 7) is 7.92. The van der Waals surface area contributed by atoms with Crippen molar-refractivity contribution in [2.75, 3.05) is 11.9 Å². The van der Waals surface area contributed by atoms with Gasteiger partial charge in [-0.3, -0.25) is 4.68 Å². The number of aromatic nitrogens is 5. The number of fused-ring (bicyclic) bond motifs is 2. The molecule has 2 aliphatic rings. The quantitative estimate of drug-likeness (QED) is 0.672. The lowest BCUT2D eigenvalue weighted by molar-refractivity contribution is 0.231. The summed E-state index contributed by atoms with van der Waals surface area (Å²) in [5.74, 6) is 1.61. The Labute approximate surface area is 165 Å². The lowest BCUT2D eigenvalue weighted by Crippen LogP contribution is -2.17. The van der Waals surface area contributed by atoms with E-state index in [9.17, 15) is 0 Å². The van der Waals surface area contributed by atoms with Gasteiger partial charge in [-0.15, -0.1) is 5.10 Å². The lowest BCUT2D eigenvalue weighted by Gasteiger charge is -2.23. The van der Waals surface area contributed by atoms with E-state index >= 15 is 0 Å². The molecule has 7 nitrogen and oxygen atoms in total. The Bertz CT molecular complexity index is 1010. The van der Waals surface area contributed by atoms with E-state index in [1.165, 1.54) is 37.7 Å². The summed E-state index contributed by atoms with van der Waals surface area (Å²) in [4.78, 5) is 9.38. The molecule has 0 amide bonds. The number of nitrogens with zero attached hydrogens (tertiary/aromatic N) is 5. The van der Waals surface area contributed by atoms with Crippen LogP contribution in [0.3, 0.4) is 0 Å². The molecule has 0 aromatic carbocycles. The van der Waals surface area contributed by atoms with Gasteiger partial charge in [0.25, 0.3) is 5.88 Å². The van der Waals surface area contributed by atoms with Crippen molar-refractivity contribution in [1.82, 2.24) is 24.3 Å². The predicted molar refractivity (Wildman–Crippen MR) is 109 cm³/mol. The molecular weight excluding hydrogens is 352 g/mol. The van der Waals surface area contributed by atoms with E-state index < -0.39 is 0 Å². The molecule has 1 aliphatic carbocycles. The van der Waals surface area contributed by atoms with Crippen LogP contribution in [0.4, 0.5) is 11.6 Å². The maximum absolute atomic E-state index is 6.20. The Hall–Kier alpha value is -2.57. The molecule has 3 aromatic heterocycles. The second-order valence-electron chi connectivity index (χ2n) is 8.44. The highest BCUT2D eigenvalue weighted by Gasteiger charge is 2.25. The van der Waals surface area contributed by atoms with Crippen molar-refractivity contribution in [3.63, 3.8) is 0 Å². The predicted octanol–water partition coefficient (Wildman–Crippen LogP) is 4.52. The summed E-state index contributed by atoms with van der Waals surface area (Å²) in [5.41, 5.74) is 4.18. The Kier molecular flexibility index (Phi) is 4.25. The molecule has 5 rings (SSSR count). The van der Waals surface area contributed by atoms with Crippen LogP contribution in [0.15, 0.2) is 12.4 Å². The van der Waals surface area contributed by atoms with Crippen LogP contribution in [0.1, 0.15) is 56.3 Å². The normalized spacial score (nSPS) is 20.5. The van der Waals surface area contributed by atoms with Crippen LogP contribution >= 0.6 is 0 Å². The molecular formula is C21H28N6O. The number of anilines is 2. The highest BCUT2D eigenvalue weighted by atomic mass is 16.5. The highest BCUT2D eigenvalue weighted by Crippen LogP contribution is 2.36. The Morgan fingerprint density at radius 2 is 2.00 bits per heavy atom. The van der Waals surface area contributed by atoms with Crippen LogP contribution in [0, 0.1) is 19.8 Å². The van der Waals surface area contributed by atoms with Gasteiger partial charge in [0, 0.05) is 30.2 Å². The van der Waals surface area contributed by atoms with E-state index in [1.54, 1.807) is 0 Å². The van der Waals surface area contributed by atoms with Crippen molar-refractivity contribution < 1.29 is 4.74 Å². The third kappa shape index (κ3) is 2.93. The van der Waals surface area contributed by atoms with Crippen molar-refractivity contribution in [3.8, 4) is 5.88 Å². The van der Waals surface area contributed by atoms with Gasteiger partial charge in [0.2, 0.25) is 5.95 Å². The van der Waals surface area contributed by atoms with Gasteiger partial charge in [0.05, 0.1) is 18.3 Å². The van der Waals surface area contributed by atoms with Gasteiger partial charge in [-0.05, 0) is 32.3 Å². The smallest absolute Gasteiger partial charge is 0.257 e. The minimum Gasteiger partial charge on any atom is -0.475 e. The second-order valence-corrected chi connectivity index (χ2v) is 8.44. The van der Waals surface area contributed by atoms with Crippen LogP contribution < -0.4 is 10.1 Å². The summed E-state index contributed by atoms with van der Waals surface area (Å²) in [7, 11) is 0. The molecule has 1 aliphatic heterocycles. The number of ether oxygens (including phenoxy) is 1. The number of hydrogen-bond donors (Lipinski definition) is 1. The topological polar surface area (TPSA) is 69.8 Å². The molecule has 4 heterocycles. The van der Waals surface area contributed by atoms with Crippen molar-refractivity contribution in [3.05, 3.63) is 23.7 Å². The Morgan fingerprint density at radius 1 is 1.18 bits per heavy atom. The summed E-state index contributed by atoms with van der Waals surface area (Å²) in [6.07, 6.45) is 10.3. The molecule has 1 N–H and O–H groups in total. The average molecular weight is 380 g/mol. The lowest BCUT2D eigenvalue weighted by atomic mass is 9.95. The third-order valence-electron chi connectivity index (χ3n) is 6.10. The zero-order valence-corrected chi connectivity index (χ0v) is 16.9. The molecule has 28 heavy (non-hydrogen) atoms. The van der Waals surface area contributed by atoms with Crippen LogP contribution in [-0.2, 0) is 6.54 Å². The van der Waals surface area contributed by atoms with Gasteiger partial charge in [-0.2, -0.15) is 4.98 Å². The third-order valence-corrected chi connectivity index (χ3v) is 6.10. The van der Waals surface area contributed by atoms with E-state index in [4.69, 9.17) is 14.8 Å². The first-order chi connectivity index (χ1) is 13.6. The summed E-state index contributed by atoms with van der Waals surface area (Å²) in [5, 5.41) is 9.38. The Morgan fingerprint density at radius 3 is 2.82 bits per heavy atom. The maximum Gasteiger partial charge on any atom is 0.257 e. The largest absolute Gasteiger partial charge is 0.475 e. The number of hydrogen-bond acceptors (Lipinski definition) is 5. The Balaban J connectivity index is 1.60. The molecule has 3 aromatic rings. The fourth-order valence-electron chi connectivity index (χ4n) is 4.57. The first kappa shape index (κ1) is 17.5. The first-order valence-electron chi connectivity index (χ1n) is 10.4. The van der Waals surface area contributed by atoms with E-state index in [0.29, 0.717) is 30.4 Å². The van der Waals surface area contributed by atoms with Gasteiger partial charge in [-0.1, -0.05) is 26.2 Å². The van der Waals surface area contributed by atoms with Crippen molar-refractivity contribution in [1.29, 1.82) is 0 Å². The highest BCUT2D eigenvalue weighted by molar-refractivity contribution is 5.81. The van der Waals surface area contributed by atoms with Gasteiger partial charge >= 0.3 is 0 Å². The fraction of sp³-hybridized carbons (Fsp3) is 0.571. The minimum atomic E-state index is 0.347. The molecule has 0 radical (unpaired) electrons. The summed E-state index contributed by atoms with van der Waals surface area (Å²) < 4.78 is 10.6. The van der Waals surface area contributed by atoms with Crippen LogP contribution in [-0.4, -0.2) is 30.9 Å². The summed E-state index contributed by atoms with van der Waals surface area (Å²) in [6, 6.07) is 0.459. The van der Waals surface area contributed by atoms with Gasteiger partial charge in [-0.25, -0.2) is 4.98 Å². The van der Waals surface area contributed by atoms with Gasteiger partial charge in [0.15, 0.2) is 0 Å². The number of nitrogens with one attached hydrogen (secondary N) is 1. The van der Waals surface area contributed by atoms with E-state index in [-0.39, 0.29) is 0 Å². The number of rotatable bonds is 1. The molecule has 1 unspecified atom stereocenters. The van der Waals surface area contributed by atoms with Crippen molar-refractivity contribution >= 4 is 22.7 Å². The minimum absolute atomic E-state index is 0.347. The van der Waals surface area contributed by atoms with Crippen LogP contribution in [0.2, 0.25) is 0 Å². The SMILES string of the molecule is Cc1cn2c3nc(ncc13)Nc1c(nn(C3CCCCC3)c1C)OCC(C)C2. The van der Waals surface area contributed by atoms with E-state index in [2.05, 4.69) is 46.5 Å². The van der Waals surface area contributed by atoms with Crippen LogP contribution in [0.5, 0.6) is 5.88 Å².